The highest BCUT2D eigenvalue weighted by atomic mass is 16.5. The number of pyridine rings is 1. The number of nitrogens with one attached hydrogen (secondary N) is 1. The predicted molar refractivity (Wildman–Crippen MR) is 76.5 cm³/mol. The fourth-order valence-electron chi connectivity index (χ4n) is 2.70. The second-order valence-electron chi connectivity index (χ2n) is 4.90. The minimum atomic E-state index is 0.350. The highest BCUT2D eigenvalue weighted by Crippen LogP contribution is 2.34. The first-order chi connectivity index (χ1) is 9.36. The zero-order valence-electron chi connectivity index (χ0n) is 11.1. The largest absolute Gasteiger partial charge is 0.497 e. The van der Waals surface area contributed by atoms with Gasteiger partial charge in [-0.05, 0) is 54.7 Å². The number of fused-ring (bicyclic) bond motifs is 1. The molecule has 1 atom stereocenters. The number of hydrogen-bond donors (Lipinski definition) is 1. The highest BCUT2D eigenvalue weighted by Gasteiger charge is 2.20. The predicted octanol–water partition coefficient (Wildman–Crippen LogP) is 3.58. The first-order valence-corrected chi connectivity index (χ1v) is 6.70. The summed E-state index contributed by atoms with van der Waals surface area (Å²) in [6.07, 6.45) is 7.19. The van der Waals surface area contributed by atoms with Crippen molar-refractivity contribution in [3.05, 3.63) is 53.9 Å². The Morgan fingerprint density at radius 2 is 2.26 bits per heavy atom. The van der Waals surface area contributed by atoms with Gasteiger partial charge in [0.25, 0.3) is 0 Å². The van der Waals surface area contributed by atoms with E-state index in [1.165, 1.54) is 17.5 Å². The Hall–Kier alpha value is -2.03. The standard InChI is InChI=1S/C16H18N2O/c1-19-14-8-7-12-4-2-6-16(15(12)10-14)18-13-5-3-9-17-11-13/h3,5,7-11,16,18H,2,4,6H2,1H3. The van der Waals surface area contributed by atoms with Crippen molar-refractivity contribution in [1.82, 2.24) is 4.98 Å². The molecule has 98 valence electrons. The number of benzene rings is 1. The molecule has 0 aliphatic heterocycles. The van der Waals surface area contributed by atoms with E-state index in [2.05, 4.69) is 28.5 Å². The van der Waals surface area contributed by atoms with Crippen LogP contribution in [0.1, 0.15) is 30.0 Å². The molecule has 1 aromatic carbocycles. The van der Waals surface area contributed by atoms with Gasteiger partial charge >= 0.3 is 0 Å². The number of methoxy groups -OCH3 is 1. The molecule has 1 N–H and O–H groups in total. The zero-order valence-corrected chi connectivity index (χ0v) is 11.1. The molecule has 2 aromatic rings. The van der Waals surface area contributed by atoms with Crippen molar-refractivity contribution in [2.45, 2.75) is 25.3 Å². The van der Waals surface area contributed by atoms with Crippen LogP contribution < -0.4 is 10.1 Å². The van der Waals surface area contributed by atoms with Crippen molar-refractivity contribution in [3.63, 3.8) is 0 Å². The van der Waals surface area contributed by atoms with Crippen molar-refractivity contribution >= 4 is 5.69 Å². The first kappa shape index (κ1) is 12.0. The average molecular weight is 254 g/mol. The summed E-state index contributed by atoms with van der Waals surface area (Å²) in [6.45, 7) is 0. The molecule has 3 nitrogen and oxygen atoms in total. The minimum absolute atomic E-state index is 0.350. The molecule has 0 saturated heterocycles. The van der Waals surface area contributed by atoms with Gasteiger partial charge in [-0.25, -0.2) is 0 Å². The topological polar surface area (TPSA) is 34.1 Å². The lowest BCUT2D eigenvalue weighted by atomic mass is 9.87. The van der Waals surface area contributed by atoms with E-state index in [4.69, 9.17) is 4.74 Å². The van der Waals surface area contributed by atoms with E-state index >= 15 is 0 Å². The Balaban J connectivity index is 1.89. The van der Waals surface area contributed by atoms with Crippen molar-refractivity contribution in [2.24, 2.45) is 0 Å². The van der Waals surface area contributed by atoms with Crippen molar-refractivity contribution in [2.75, 3.05) is 12.4 Å². The van der Waals surface area contributed by atoms with Crippen LogP contribution in [0.4, 0.5) is 5.69 Å². The Bertz CT molecular complexity index is 554. The average Bonchev–Trinajstić information content (AvgIpc) is 2.48. The lowest BCUT2D eigenvalue weighted by molar-refractivity contribution is 0.413. The van der Waals surface area contributed by atoms with Crippen LogP contribution in [0.15, 0.2) is 42.7 Å². The number of anilines is 1. The van der Waals surface area contributed by atoms with Gasteiger partial charge in [-0.15, -0.1) is 0 Å². The second kappa shape index (κ2) is 5.31. The summed E-state index contributed by atoms with van der Waals surface area (Å²) in [5.41, 5.74) is 3.85. The van der Waals surface area contributed by atoms with E-state index in [1.54, 1.807) is 13.3 Å². The molecular weight excluding hydrogens is 236 g/mol. The van der Waals surface area contributed by atoms with Gasteiger partial charge in [-0.3, -0.25) is 4.98 Å². The van der Waals surface area contributed by atoms with Crippen molar-refractivity contribution in [1.29, 1.82) is 0 Å². The van der Waals surface area contributed by atoms with Crippen LogP contribution in [0.25, 0.3) is 0 Å². The Morgan fingerprint density at radius 3 is 3.05 bits per heavy atom. The van der Waals surface area contributed by atoms with Crippen LogP contribution in [0, 0.1) is 0 Å². The number of aromatic nitrogens is 1. The summed E-state index contributed by atoms with van der Waals surface area (Å²) in [6, 6.07) is 10.8. The molecule has 0 saturated carbocycles. The highest BCUT2D eigenvalue weighted by molar-refractivity contribution is 5.47. The smallest absolute Gasteiger partial charge is 0.119 e. The lowest BCUT2D eigenvalue weighted by Crippen LogP contribution is -2.17. The molecule has 0 spiro atoms. The molecule has 0 bridgehead atoms. The van der Waals surface area contributed by atoms with Gasteiger partial charge in [0.1, 0.15) is 5.75 Å². The summed E-state index contributed by atoms with van der Waals surface area (Å²) in [5, 5.41) is 3.57. The summed E-state index contributed by atoms with van der Waals surface area (Å²) in [7, 11) is 1.72. The van der Waals surface area contributed by atoms with Crippen LogP contribution in [0.5, 0.6) is 5.75 Å². The van der Waals surface area contributed by atoms with Gasteiger partial charge in [-0.1, -0.05) is 6.07 Å². The maximum atomic E-state index is 5.34. The Morgan fingerprint density at radius 1 is 1.32 bits per heavy atom. The fraction of sp³-hybridized carbons (Fsp3) is 0.312. The van der Waals surface area contributed by atoms with Crippen molar-refractivity contribution in [3.8, 4) is 5.75 Å². The van der Waals surface area contributed by atoms with Gasteiger partial charge in [0.2, 0.25) is 0 Å². The Kier molecular flexibility index (Phi) is 3.36. The summed E-state index contributed by atoms with van der Waals surface area (Å²) in [5.74, 6) is 0.929. The van der Waals surface area contributed by atoms with Crippen molar-refractivity contribution < 1.29 is 4.74 Å². The van der Waals surface area contributed by atoms with E-state index < -0.39 is 0 Å². The third kappa shape index (κ3) is 2.55. The minimum Gasteiger partial charge on any atom is -0.497 e. The maximum Gasteiger partial charge on any atom is 0.119 e. The molecular formula is C16H18N2O. The zero-order chi connectivity index (χ0) is 13.1. The van der Waals surface area contributed by atoms with Gasteiger partial charge in [0.05, 0.1) is 18.8 Å². The van der Waals surface area contributed by atoms with Crippen LogP contribution in [-0.4, -0.2) is 12.1 Å². The molecule has 1 aliphatic rings. The number of hydrogen-bond acceptors (Lipinski definition) is 3. The number of nitrogens with zero attached hydrogens (tertiary/aromatic N) is 1. The summed E-state index contributed by atoms with van der Waals surface area (Å²) in [4.78, 5) is 4.15. The number of ether oxygens (including phenoxy) is 1. The van der Waals surface area contributed by atoms with Crippen LogP contribution in [-0.2, 0) is 6.42 Å². The molecule has 3 rings (SSSR count). The maximum absolute atomic E-state index is 5.34. The molecule has 0 fully saturated rings. The van der Waals surface area contributed by atoms with E-state index in [1.807, 2.05) is 18.3 Å². The quantitative estimate of drug-likeness (QED) is 0.909. The first-order valence-electron chi connectivity index (χ1n) is 6.70. The van der Waals surface area contributed by atoms with Gasteiger partial charge in [-0.2, -0.15) is 0 Å². The molecule has 19 heavy (non-hydrogen) atoms. The summed E-state index contributed by atoms with van der Waals surface area (Å²) < 4.78 is 5.34. The monoisotopic (exact) mass is 254 g/mol. The third-order valence-corrected chi connectivity index (χ3v) is 3.67. The normalized spacial score (nSPS) is 17.6. The SMILES string of the molecule is COc1ccc2c(c1)C(Nc1cccnc1)CCC2. The Labute approximate surface area is 113 Å². The fourth-order valence-corrected chi connectivity index (χ4v) is 2.70. The molecule has 3 heteroatoms. The van der Waals surface area contributed by atoms with E-state index in [9.17, 15) is 0 Å². The van der Waals surface area contributed by atoms with Crippen LogP contribution in [0.3, 0.4) is 0 Å². The van der Waals surface area contributed by atoms with Gasteiger partial charge in [0.15, 0.2) is 0 Å². The van der Waals surface area contributed by atoms with E-state index in [0.29, 0.717) is 6.04 Å². The molecule has 0 radical (unpaired) electrons. The second-order valence-corrected chi connectivity index (χ2v) is 4.90. The molecule has 1 unspecified atom stereocenters. The van der Waals surface area contributed by atoms with Gasteiger partial charge < -0.3 is 10.1 Å². The molecule has 1 aliphatic carbocycles. The third-order valence-electron chi connectivity index (χ3n) is 3.67. The van der Waals surface area contributed by atoms with E-state index in [0.717, 1.165) is 24.3 Å². The number of rotatable bonds is 3. The van der Waals surface area contributed by atoms with E-state index in [-0.39, 0.29) is 0 Å². The molecule has 1 heterocycles. The summed E-state index contributed by atoms with van der Waals surface area (Å²) >= 11 is 0. The molecule has 1 aromatic heterocycles. The van der Waals surface area contributed by atoms with Gasteiger partial charge in [0, 0.05) is 12.4 Å². The van der Waals surface area contributed by atoms with Crippen LogP contribution in [0.2, 0.25) is 0 Å². The molecule has 0 amide bonds. The van der Waals surface area contributed by atoms with Crippen LogP contribution >= 0.6 is 0 Å². The number of aryl methyl sites for hydroxylation is 1. The lowest BCUT2D eigenvalue weighted by Gasteiger charge is -2.27.